The van der Waals surface area contributed by atoms with Gasteiger partial charge in [-0.15, -0.1) is 0 Å². The molecule has 0 aliphatic carbocycles. The third-order valence-electron chi connectivity index (χ3n) is 6.21. The predicted molar refractivity (Wildman–Crippen MR) is 134 cm³/mol. The van der Waals surface area contributed by atoms with Crippen LogP contribution in [0.5, 0.6) is 17.2 Å². The van der Waals surface area contributed by atoms with Crippen molar-refractivity contribution in [2.24, 2.45) is 5.73 Å². The van der Waals surface area contributed by atoms with E-state index in [1.165, 1.54) is 50.6 Å². The molecule has 2 N–H and O–H groups in total. The number of ether oxygens (including phenoxy) is 3. The summed E-state index contributed by atoms with van der Waals surface area (Å²) in [6, 6.07) is 15.1. The molecule has 2 atom stereocenters. The van der Waals surface area contributed by atoms with Gasteiger partial charge in [-0.2, -0.15) is 13.7 Å². The van der Waals surface area contributed by atoms with Crippen LogP contribution in [0.4, 0.5) is 10.5 Å². The molecule has 0 bridgehead atoms. The quantitative estimate of drug-likeness (QED) is 0.465. The summed E-state index contributed by atoms with van der Waals surface area (Å²) in [6.45, 7) is 2.04. The maximum absolute atomic E-state index is 14.3. The van der Waals surface area contributed by atoms with Crippen LogP contribution in [0.3, 0.4) is 0 Å². The number of carbonyl (C=O) groups excluding carboxylic acids is 2. The fourth-order valence-corrected chi connectivity index (χ4v) is 6.55. The molecule has 2 unspecified atom stereocenters. The Kier molecular flexibility index (Phi) is 6.64. The largest absolute Gasteiger partial charge is 0.497 e. The molecular weight excluding hydrogens is 498 g/mol. The van der Waals surface area contributed by atoms with Crippen molar-refractivity contribution in [2.45, 2.75) is 17.7 Å². The number of nitriles is 1. The van der Waals surface area contributed by atoms with Crippen molar-refractivity contribution in [2.75, 3.05) is 20.8 Å². The first-order chi connectivity index (χ1) is 17.7. The van der Waals surface area contributed by atoms with Gasteiger partial charge in [-0.3, -0.25) is 0 Å². The van der Waals surface area contributed by atoms with E-state index in [-0.39, 0.29) is 29.2 Å². The Labute approximate surface area is 214 Å². The molecule has 0 saturated carbocycles. The van der Waals surface area contributed by atoms with Gasteiger partial charge < -0.3 is 19.9 Å². The molecule has 0 spiro atoms. The molecule has 3 amide bonds. The second kappa shape index (κ2) is 9.57. The monoisotopic (exact) mass is 522 g/mol. The number of primary amides is 1. The zero-order valence-electron chi connectivity index (χ0n) is 20.3. The molecule has 0 radical (unpaired) electrons. The number of hydrogen-bond acceptors (Lipinski definition) is 8. The molecule has 11 heteroatoms. The first-order valence-corrected chi connectivity index (χ1v) is 12.6. The number of nitrogens with two attached hydrogens (primary N) is 1. The SMILES string of the molecule is CCOc1ccccc1C1C(=O)[N+](C(N)=O)(S(=O)(=O)c2ccc(OC)cc2OC)c2ccc(C#N)cc21. The molecule has 0 fully saturated rings. The van der Waals surface area contributed by atoms with E-state index < -0.39 is 36.7 Å². The molecule has 37 heavy (non-hydrogen) atoms. The number of imide groups is 1. The summed E-state index contributed by atoms with van der Waals surface area (Å²) in [5.41, 5.74) is 6.28. The maximum atomic E-state index is 14.3. The van der Waals surface area contributed by atoms with Crippen LogP contribution in [0.1, 0.15) is 29.5 Å². The number of benzene rings is 3. The van der Waals surface area contributed by atoms with Gasteiger partial charge >= 0.3 is 22.0 Å². The van der Waals surface area contributed by atoms with Gasteiger partial charge in [0.2, 0.25) is 0 Å². The predicted octanol–water partition coefficient (Wildman–Crippen LogP) is 3.42. The Hall–Kier alpha value is -4.40. The fourth-order valence-electron chi connectivity index (χ4n) is 4.61. The number of urea groups is 1. The van der Waals surface area contributed by atoms with Gasteiger partial charge in [0.25, 0.3) is 0 Å². The molecule has 4 rings (SSSR count). The summed E-state index contributed by atoms with van der Waals surface area (Å²) in [5, 5.41) is 9.52. The number of methoxy groups -OCH3 is 2. The van der Waals surface area contributed by atoms with E-state index in [4.69, 9.17) is 19.9 Å². The van der Waals surface area contributed by atoms with Crippen LogP contribution < -0.4 is 23.8 Å². The van der Waals surface area contributed by atoms with Crippen molar-refractivity contribution in [1.29, 1.82) is 5.26 Å². The Bertz CT molecular complexity index is 1560. The third-order valence-corrected chi connectivity index (χ3v) is 8.38. The Morgan fingerprint density at radius 3 is 2.38 bits per heavy atom. The Morgan fingerprint density at radius 2 is 1.76 bits per heavy atom. The van der Waals surface area contributed by atoms with Crippen LogP contribution in [0.15, 0.2) is 65.6 Å². The topological polar surface area (TPSA) is 146 Å². The molecule has 10 nitrogen and oxygen atoms in total. The van der Waals surface area contributed by atoms with Crippen LogP contribution >= 0.6 is 0 Å². The highest BCUT2D eigenvalue weighted by Crippen LogP contribution is 2.52. The normalized spacial score (nSPS) is 18.5. The maximum Gasteiger partial charge on any atom is 0.442 e. The number of nitrogens with zero attached hydrogens (tertiary/aromatic N) is 2. The number of para-hydroxylation sites is 1. The second-order valence-electron chi connectivity index (χ2n) is 8.07. The number of sulfonamides is 1. The van der Waals surface area contributed by atoms with Crippen molar-refractivity contribution in [3.63, 3.8) is 0 Å². The van der Waals surface area contributed by atoms with Crippen LogP contribution in [-0.4, -0.2) is 41.2 Å². The van der Waals surface area contributed by atoms with Gasteiger partial charge in [-0.05, 0) is 41.1 Å². The zero-order valence-corrected chi connectivity index (χ0v) is 21.1. The number of amides is 3. The fraction of sp³-hybridized carbons (Fsp3) is 0.192. The van der Waals surface area contributed by atoms with Crippen LogP contribution in [0.25, 0.3) is 0 Å². The first kappa shape index (κ1) is 25.7. The highest BCUT2D eigenvalue weighted by Gasteiger charge is 2.67. The van der Waals surface area contributed by atoms with Crippen molar-refractivity contribution >= 4 is 27.6 Å². The average molecular weight is 523 g/mol. The molecule has 3 aromatic carbocycles. The lowest BCUT2D eigenvalue weighted by molar-refractivity contribution is -0.123. The van der Waals surface area contributed by atoms with E-state index in [0.29, 0.717) is 17.1 Å². The number of rotatable bonds is 7. The van der Waals surface area contributed by atoms with E-state index in [1.54, 1.807) is 31.2 Å². The van der Waals surface area contributed by atoms with E-state index in [9.17, 15) is 23.3 Å². The molecule has 1 aliphatic rings. The van der Waals surface area contributed by atoms with Crippen LogP contribution in [0, 0.1) is 11.3 Å². The molecule has 0 saturated heterocycles. The lowest BCUT2D eigenvalue weighted by Gasteiger charge is -2.27. The smallest absolute Gasteiger partial charge is 0.442 e. The number of hydrogen-bond donors (Lipinski definition) is 1. The minimum Gasteiger partial charge on any atom is -0.497 e. The van der Waals surface area contributed by atoms with Gasteiger partial charge in [-0.1, -0.05) is 18.2 Å². The summed E-state index contributed by atoms with van der Waals surface area (Å²) in [6.07, 6.45) is 0. The van der Waals surface area contributed by atoms with E-state index in [2.05, 4.69) is 0 Å². The van der Waals surface area contributed by atoms with Crippen molar-refractivity contribution in [3.05, 3.63) is 77.4 Å². The van der Waals surface area contributed by atoms with E-state index in [0.717, 1.165) is 0 Å². The number of quaternary nitrogens is 1. The highest BCUT2D eigenvalue weighted by atomic mass is 32.2. The summed E-state index contributed by atoms with van der Waals surface area (Å²) < 4.78 is 43.0. The van der Waals surface area contributed by atoms with Crippen LogP contribution in [-0.2, 0) is 14.8 Å². The summed E-state index contributed by atoms with van der Waals surface area (Å²) >= 11 is 0. The Balaban J connectivity index is 2.09. The van der Waals surface area contributed by atoms with Gasteiger partial charge in [-0.25, -0.2) is 9.59 Å². The molecular formula is C26H24N3O7S+. The van der Waals surface area contributed by atoms with Crippen LogP contribution in [0.2, 0.25) is 0 Å². The molecule has 1 heterocycles. The highest BCUT2D eigenvalue weighted by molar-refractivity contribution is 7.92. The van der Waals surface area contributed by atoms with Crippen molar-refractivity contribution in [3.8, 4) is 23.3 Å². The summed E-state index contributed by atoms with van der Waals surface area (Å²) in [4.78, 5) is 27.1. The van der Waals surface area contributed by atoms with Gasteiger partial charge in [0.15, 0.2) is 10.6 Å². The van der Waals surface area contributed by atoms with Gasteiger partial charge in [0, 0.05) is 23.3 Å². The number of fused-ring (bicyclic) bond motifs is 1. The lowest BCUT2D eigenvalue weighted by Crippen LogP contribution is -2.63. The Morgan fingerprint density at radius 1 is 1.03 bits per heavy atom. The minimum atomic E-state index is -4.91. The van der Waals surface area contributed by atoms with Crippen molar-refractivity contribution in [1.82, 2.24) is 3.89 Å². The minimum absolute atomic E-state index is 0.140. The molecule has 3 aromatic rings. The van der Waals surface area contributed by atoms with E-state index >= 15 is 0 Å². The second-order valence-corrected chi connectivity index (χ2v) is 10.0. The molecule has 1 aliphatic heterocycles. The molecule has 0 aromatic heterocycles. The standard InChI is InChI=1S/C26H23N3O7S/c1-4-36-21-8-6-5-7-18(21)24-19-13-16(15-27)9-11-20(19)29(25(24)30,26(28)31)37(32,33)23-12-10-17(34-2)14-22(23)35-3/h5-14,24H,4H2,1-3H3,(H-,28,31)/p+1. The first-order valence-electron chi connectivity index (χ1n) is 11.2. The van der Waals surface area contributed by atoms with E-state index in [1.807, 2.05) is 6.07 Å². The van der Waals surface area contributed by atoms with Crippen molar-refractivity contribution < 1.29 is 32.2 Å². The van der Waals surface area contributed by atoms with Gasteiger partial charge in [0.1, 0.15) is 23.2 Å². The third kappa shape index (κ3) is 3.69. The summed E-state index contributed by atoms with van der Waals surface area (Å²) in [5.74, 6) is -1.79. The lowest BCUT2D eigenvalue weighted by atomic mass is 9.91. The summed E-state index contributed by atoms with van der Waals surface area (Å²) in [7, 11) is -2.26. The van der Waals surface area contributed by atoms with Gasteiger partial charge in [0.05, 0.1) is 32.5 Å². The average Bonchev–Trinajstić information content (AvgIpc) is 3.17. The number of carbonyl (C=O) groups is 2. The molecule has 190 valence electrons. The zero-order chi connectivity index (χ0) is 27.0.